The van der Waals surface area contributed by atoms with Crippen LogP contribution >= 0.6 is 34.9 Å². The zero-order valence-corrected chi connectivity index (χ0v) is 13.1. The van der Waals surface area contributed by atoms with Gasteiger partial charge in [0, 0.05) is 11.8 Å². The monoisotopic (exact) mass is 343 g/mol. The normalized spacial score (nSPS) is 10.5. The van der Waals surface area contributed by atoms with Crippen molar-refractivity contribution in [3.05, 3.63) is 39.4 Å². The zero-order valence-electron chi connectivity index (χ0n) is 10.7. The number of carboxylic acids is 1. The summed E-state index contributed by atoms with van der Waals surface area (Å²) >= 11 is 4.18. The molecule has 0 radical (unpaired) electrons. The molecule has 1 aromatic heterocycles. The first-order chi connectivity index (χ1) is 10.0. The van der Waals surface area contributed by atoms with E-state index >= 15 is 0 Å². The topological polar surface area (TPSA) is 106 Å². The third kappa shape index (κ3) is 3.71. The second-order valence-electron chi connectivity index (χ2n) is 3.70. The first-order valence-corrected chi connectivity index (χ1v) is 8.55. The number of aromatic nitrogens is 2. The van der Waals surface area contributed by atoms with Crippen molar-refractivity contribution in [3.63, 3.8) is 0 Å². The first-order valence-electron chi connectivity index (χ1n) is 5.52. The van der Waals surface area contributed by atoms with E-state index < -0.39 is 16.6 Å². The Hall–Kier alpha value is -1.65. The number of nitro benzene ring substituents is 1. The van der Waals surface area contributed by atoms with Crippen LogP contribution in [0, 0.1) is 10.1 Å². The summed E-state index contributed by atoms with van der Waals surface area (Å²) in [4.78, 5) is 21.5. The van der Waals surface area contributed by atoms with E-state index in [1.54, 1.807) is 6.07 Å². The molecule has 1 aromatic carbocycles. The molecule has 1 N–H and O–H groups in total. The highest BCUT2D eigenvalue weighted by molar-refractivity contribution is 8.02. The van der Waals surface area contributed by atoms with Gasteiger partial charge in [0.05, 0.1) is 4.92 Å². The Morgan fingerprint density at radius 3 is 2.71 bits per heavy atom. The Balaban J connectivity index is 2.25. The molecule has 1 heterocycles. The lowest BCUT2D eigenvalue weighted by Crippen LogP contribution is -2.06. The van der Waals surface area contributed by atoms with E-state index in [-0.39, 0.29) is 11.3 Å². The summed E-state index contributed by atoms with van der Waals surface area (Å²) in [6.45, 7) is 0. The Morgan fingerprint density at radius 1 is 1.43 bits per heavy atom. The summed E-state index contributed by atoms with van der Waals surface area (Å²) in [6.07, 6.45) is 1.89. The Bertz CT molecular complexity index is 689. The maximum Gasteiger partial charge on any atom is 0.343 e. The number of nitrogens with zero attached hydrogens (tertiary/aromatic N) is 3. The number of carbonyl (C=O) groups is 1. The van der Waals surface area contributed by atoms with Crippen LogP contribution in [0.4, 0.5) is 5.69 Å². The summed E-state index contributed by atoms with van der Waals surface area (Å²) in [6, 6.07) is 4.24. The minimum absolute atomic E-state index is 0.274. The van der Waals surface area contributed by atoms with Crippen LogP contribution in [-0.4, -0.2) is 32.5 Å². The van der Waals surface area contributed by atoms with Gasteiger partial charge >= 0.3 is 5.97 Å². The highest BCUT2D eigenvalue weighted by Gasteiger charge is 2.23. The van der Waals surface area contributed by atoms with Crippen LogP contribution in [0.15, 0.2) is 26.9 Å². The number of benzene rings is 1. The van der Waals surface area contributed by atoms with E-state index in [0.29, 0.717) is 9.90 Å². The van der Waals surface area contributed by atoms with Crippen molar-refractivity contribution in [2.45, 2.75) is 14.4 Å². The second-order valence-corrected chi connectivity index (χ2v) is 6.95. The summed E-state index contributed by atoms with van der Waals surface area (Å²) < 4.78 is 1.51. The minimum atomic E-state index is -1.31. The second kappa shape index (κ2) is 6.87. The van der Waals surface area contributed by atoms with Gasteiger partial charge in [0.2, 0.25) is 0 Å². The van der Waals surface area contributed by atoms with Gasteiger partial charge in [0.25, 0.3) is 5.69 Å². The summed E-state index contributed by atoms with van der Waals surface area (Å²) in [5.74, 6) is -1.02. The fourth-order valence-electron chi connectivity index (χ4n) is 1.58. The van der Waals surface area contributed by atoms with Crippen LogP contribution in [0.25, 0.3) is 0 Å². The summed E-state index contributed by atoms with van der Waals surface area (Å²) in [7, 11) is 0. The smallest absolute Gasteiger partial charge is 0.343 e. The van der Waals surface area contributed by atoms with Gasteiger partial charge < -0.3 is 5.11 Å². The number of nitro groups is 1. The standard InChI is InChI=1S/C11H9N3O4S3/c1-19-10-12-13-11(21-10)20-5-6-3-2-4-7(14(17)18)8(6)9(15)16/h2-4H,5H2,1H3,(H,15,16). The molecule has 10 heteroatoms. The summed E-state index contributed by atoms with van der Waals surface area (Å²) in [5.41, 5.74) is -0.283. The van der Waals surface area contributed by atoms with E-state index in [1.807, 2.05) is 6.26 Å². The third-order valence-corrected chi connectivity index (χ3v) is 5.53. The maximum absolute atomic E-state index is 11.3. The number of aromatic carboxylic acids is 1. The van der Waals surface area contributed by atoms with Gasteiger partial charge in [-0.15, -0.1) is 10.2 Å². The molecule has 0 saturated carbocycles. The number of thioether (sulfide) groups is 2. The fraction of sp³-hybridized carbons (Fsp3) is 0.182. The molecule has 0 aliphatic heterocycles. The van der Waals surface area contributed by atoms with Gasteiger partial charge in [-0.2, -0.15) is 0 Å². The molecule has 0 bridgehead atoms. The quantitative estimate of drug-likeness (QED) is 0.484. The molecule has 0 amide bonds. The van der Waals surface area contributed by atoms with Crippen molar-refractivity contribution in [3.8, 4) is 0 Å². The van der Waals surface area contributed by atoms with Gasteiger partial charge in [0.15, 0.2) is 8.68 Å². The molecule has 0 aliphatic rings. The lowest BCUT2D eigenvalue weighted by Gasteiger charge is -2.05. The van der Waals surface area contributed by atoms with Crippen molar-refractivity contribution in [1.29, 1.82) is 0 Å². The van der Waals surface area contributed by atoms with E-state index in [9.17, 15) is 20.0 Å². The highest BCUT2D eigenvalue weighted by Crippen LogP contribution is 2.32. The predicted octanol–water partition coefficient (Wildman–Crippen LogP) is 3.16. The molecule has 0 atom stereocenters. The third-order valence-electron chi connectivity index (χ3n) is 2.45. The molecule has 0 fully saturated rings. The van der Waals surface area contributed by atoms with Crippen LogP contribution in [0.1, 0.15) is 15.9 Å². The number of hydrogen-bond donors (Lipinski definition) is 1. The first kappa shape index (κ1) is 15.7. The van der Waals surface area contributed by atoms with Crippen molar-refractivity contribution >= 4 is 46.5 Å². The fourth-order valence-corrected chi connectivity index (χ4v) is 4.01. The molecule has 0 saturated heterocycles. The van der Waals surface area contributed by atoms with E-state index in [2.05, 4.69) is 10.2 Å². The van der Waals surface area contributed by atoms with Gasteiger partial charge in [-0.3, -0.25) is 10.1 Å². The lowest BCUT2D eigenvalue weighted by atomic mass is 10.1. The van der Waals surface area contributed by atoms with Crippen molar-refractivity contribution in [2.75, 3.05) is 6.26 Å². The lowest BCUT2D eigenvalue weighted by molar-refractivity contribution is -0.385. The Morgan fingerprint density at radius 2 is 2.14 bits per heavy atom. The van der Waals surface area contributed by atoms with Crippen LogP contribution in [-0.2, 0) is 5.75 Å². The van der Waals surface area contributed by atoms with Gasteiger partial charge in [-0.25, -0.2) is 4.79 Å². The maximum atomic E-state index is 11.3. The van der Waals surface area contributed by atoms with E-state index in [0.717, 1.165) is 4.34 Å². The molecule has 2 rings (SSSR count). The van der Waals surface area contributed by atoms with Gasteiger partial charge in [0.1, 0.15) is 5.56 Å². The molecule has 21 heavy (non-hydrogen) atoms. The summed E-state index contributed by atoms with van der Waals surface area (Å²) in [5, 5.41) is 28.0. The van der Waals surface area contributed by atoms with E-state index in [1.165, 1.54) is 47.0 Å². The molecule has 110 valence electrons. The average Bonchev–Trinajstić information content (AvgIpc) is 2.92. The van der Waals surface area contributed by atoms with Crippen LogP contribution < -0.4 is 0 Å². The van der Waals surface area contributed by atoms with Crippen LogP contribution in [0.3, 0.4) is 0 Å². The number of hydrogen-bond acceptors (Lipinski definition) is 8. The Labute approximate surface area is 131 Å². The molecular weight excluding hydrogens is 334 g/mol. The van der Waals surface area contributed by atoms with Crippen molar-refractivity contribution in [2.24, 2.45) is 0 Å². The highest BCUT2D eigenvalue weighted by atomic mass is 32.2. The molecule has 0 unspecified atom stereocenters. The molecule has 7 nitrogen and oxygen atoms in total. The van der Waals surface area contributed by atoms with Crippen LogP contribution in [0.5, 0.6) is 0 Å². The van der Waals surface area contributed by atoms with Crippen molar-refractivity contribution in [1.82, 2.24) is 10.2 Å². The van der Waals surface area contributed by atoms with Gasteiger partial charge in [-0.05, 0) is 11.8 Å². The molecular formula is C11H9N3O4S3. The Kier molecular flexibility index (Phi) is 5.15. The predicted molar refractivity (Wildman–Crippen MR) is 81.3 cm³/mol. The largest absolute Gasteiger partial charge is 0.477 e. The van der Waals surface area contributed by atoms with Crippen LogP contribution in [0.2, 0.25) is 0 Å². The SMILES string of the molecule is CSc1nnc(SCc2cccc([N+](=O)[O-])c2C(=O)O)s1. The number of carboxylic acid groups (broad SMARTS) is 1. The zero-order chi connectivity index (χ0) is 15.4. The number of rotatable bonds is 6. The molecule has 2 aromatic rings. The molecule has 0 spiro atoms. The minimum Gasteiger partial charge on any atom is -0.477 e. The average molecular weight is 343 g/mol. The van der Waals surface area contributed by atoms with Crippen molar-refractivity contribution < 1.29 is 14.8 Å². The van der Waals surface area contributed by atoms with Gasteiger partial charge in [-0.1, -0.05) is 47.0 Å². The van der Waals surface area contributed by atoms with E-state index in [4.69, 9.17) is 0 Å². The molecule has 0 aliphatic carbocycles.